The fourth-order valence-corrected chi connectivity index (χ4v) is 3.39. The molecular formula is C14H19IN4S. The second kappa shape index (κ2) is 5.29. The molecule has 1 N–H and O–H groups in total. The van der Waals surface area contributed by atoms with Crippen LogP contribution in [-0.2, 0) is 5.41 Å². The molecule has 0 atom stereocenters. The van der Waals surface area contributed by atoms with Crippen molar-refractivity contribution in [1.29, 1.82) is 5.41 Å². The highest BCUT2D eigenvalue weighted by molar-refractivity contribution is 14.2. The largest absolute Gasteiger partial charge is 0.308 e. The Balaban J connectivity index is 2.64. The summed E-state index contributed by atoms with van der Waals surface area (Å²) < 4.78 is 0. The fraction of sp³-hybridized carbons (Fsp3) is 0.500. The van der Waals surface area contributed by atoms with Gasteiger partial charge in [0.15, 0.2) is 5.17 Å². The number of hydrogen-bond acceptors (Lipinski definition) is 4. The van der Waals surface area contributed by atoms with Crippen LogP contribution in [0.3, 0.4) is 0 Å². The molecule has 0 saturated carbocycles. The van der Waals surface area contributed by atoms with Crippen LogP contribution in [0, 0.1) is 5.41 Å². The van der Waals surface area contributed by atoms with Crippen LogP contribution in [0.4, 0.5) is 0 Å². The molecule has 2 rings (SSSR count). The first-order chi connectivity index (χ1) is 9.22. The minimum Gasteiger partial charge on any atom is -0.308 e. The van der Waals surface area contributed by atoms with Crippen LogP contribution in [-0.4, -0.2) is 33.5 Å². The number of amidine groups is 2. The molecule has 0 aliphatic carbocycles. The van der Waals surface area contributed by atoms with Gasteiger partial charge in [-0.25, -0.2) is 0 Å². The van der Waals surface area contributed by atoms with Crippen molar-refractivity contribution in [2.45, 2.75) is 38.6 Å². The number of halogens is 1. The van der Waals surface area contributed by atoms with Gasteiger partial charge < -0.3 is 4.90 Å². The molecular weight excluding hydrogens is 383 g/mol. The first-order valence-corrected chi connectivity index (χ1v) is 9.74. The van der Waals surface area contributed by atoms with Crippen LogP contribution in [0.1, 0.15) is 38.8 Å². The molecule has 0 aromatic carbocycles. The maximum Gasteiger partial charge on any atom is 0.172 e. The fourth-order valence-electron chi connectivity index (χ4n) is 2.32. The highest BCUT2D eigenvalue weighted by Crippen LogP contribution is 2.43. The molecule has 4 nitrogen and oxygen atoms in total. The standard InChI is InChI=1S/C14H19IN4S/c1-13(2)10-6-7-17-8-9(10)11(18-14(13,3)4)19(5)12(16)20-15/h6-8,16H,1-5H3. The molecule has 0 saturated heterocycles. The molecule has 6 heteroatoms. The number of fused-ring (bicyclic) bond motifs is 1. The first kappa shape index (κ1) is 15.8. The van der Waals surface area contributed by atoms with Gasteiger partial charge in [-0.1, -0.05) is 13.8 Å². The molecule has 0 amide bonds. The topological polar surface area (TPSA) is 52.3 Å². The summed E-state index contributed by atoms with van der Waals surface area (Å²) in [6.45, 7) is 8.71. The Bertz CT molecular complexity index is 580. The summed E-state index contributed by atoms with van der Waals surface area (Å²) in [7, 11) is 3.27. The normalized spacial score (nSPS) is 19.0. The van der Waals surface area contributed by atoms with Crippen LogP contribution in [0.2, 0.25) is 0 Å². The molecule has 1 aliphatic heterocycles. The zero-order valence-corrected chi connectivity index (χ0v) is 15.3. The van der Waals surface area contributed by atoms with E-state index in [1.165, 1.54) is 14.5 Å². The van der Waals surface area contributed by atoms with Crippen LogP contribution >= 0.6 is 30.1 Å². The summed E-state index contributed by atoms with van der Waals surface area (Å²) in [6, 6.07) is 2.07. The maximum absolute atomic E-state index is 8.03. The van der Waals surface area contributed by atoms with Crippen molar-refractivity contribution >= 4 is 41.1 Å². The zero-order chi connectivity index (χ0) is 15.1. The average Bonchev–Trinajstić information content (AvgIpc) is 2.42. The Hall–Kier alpha value is -0.630. The summed E-state index contributed by atoms with van der Waals surface area (Å²) in [6.07, 6.45) is 3.69. The van der Waals surface area contributed by atoms with E-state index in [9.17, 15) is 0 Å². The Kier molecular flexibility index (Phi) is 4.17. The van der Waals surface area contributed by atoms with Crippen LogP contribution in [0.25, 0.3) is 0 Å². The molecule has 0 unspecified atom stereocenters. The van der Waals surface area contributed by atoms with Crippen molar-refractivity contribution in [3.05, 3.63) is 29.6 Å². The van der Waals surface area contributed by atoms with Crippen LogP contribution in [0.5, 0.6) is 0 Å². The van der Waals surface area contributed by atoms with Crippen molar-refractivity contribution in [3.63, 3.8) is 0 Å². The molecule has 0 bridgehead atoms. The number of nitrogens with one attached hydrogen (secondary N) is 1. The van der Waals surface area contributed by atoms with E-state index in [-0.39, 0.29) is 11.0 Å². The number of pyridine rings is 1. The van der Waals surface area contributed by atoms with Gasteiger partial charge in [-0.2, -0.15) is 0 Å². The summed E-state index contributed by atoms with van der Waals surface area (Å²) >= 11 is 2.12. The second-order valence-corrected chi connectivity index (χ2v) is 7.84. The van der Waals surface area contributed by atoms with Gasteiger partial charge in [-0.05, 0) is 34.4 Å². The summed E-state index contributed by atoms with van der Waals surface area (Å²) in [5, 5.41) is 8.50. The van der Waals surface area contributed by atoms with Crippen molar-refractivity contribution in [2.24, 2.45) is 4.99 Å². The maximum atomic E-state index is 8.03. The van der Waals surface area contributed by atoms with E-state index in [1.54, 1.807) is 0 Å². The number of hydrogen-bond donors (Lipinski definition) is 1. The van der Waals surface area contributed by atoms with Crippen LogP contribution < -0.4 is 0 Å². The molecule has 1 aliphatic rings. The summed E-state index contributed by atoms with van der Waals surface area (Å²) in [5.74, 6) is 0.826. The lowest BCUT2D eigenvalue weighted by Crippen LogP contribution is -2.49. The SMILES string of the molecule is CN(C(=N)SI)C1=NC(C)(C)C(C)(C)c2ccncc21. The van der Waals surface area contributed by atoms with Gasteiger partial charge in [0.05, 0.1) is 5.54 Å². The third kappa shape index (κ3) is 2.36. The van der Waals surface area contributed by atoms with Gasteiger partial charge in [0, 0.05) is 51.6 Å². The predicted molar refractivity (Wildman–Crippen MR) is 95.0 cm³/mol. The Labute approximate surface area is 136 Å². The lowest BCUT2D eigenvalue weighted by Gasteiger charge is -2.45. The van der Waals surface area contributed by atoms with E-state index >= 15 is 0 Å². The number of nitrogens with zero attached hydrogens (tertiary/aromatic N) is 3. The number of aromatic nitrogens is 1. The molecule has 0 fully saturated rings. The van der Waals surface area contributed by atoms with E-state index in [0.717, 1.165) is 11.4 Å². The Morgan fingerprint density at radius 2 is 2.00 bits per heavy atom. The second-order valence-electron chi connectivity index (χ2n) is 5.98. The van der Waals surface area contributed by atoms with Gasteiger partial charge >= 0.3 is 0 Å². The van der Waals surface area contributed by atoms with Crippen molar-refractivity contribution in [2.75, 3.05) is 7.05 Å². The quantitative estimate of drug-likeness (QED) is 0.408. The number of rotatable bonds is 0. The van der Waals surface area contributed by atoms with E-state index in [2.05, 4.69) is 60.0 Å². The van der Waals surface area contributed by atoms with E-state index < -0.39 is 0 Å². The average molecular weight is 402 g/mol. The zero-order valence-electron chi connectivity index (χ0n) is 12.4. The third-order valence-corrected chi connectivity index (χ3v) is 6.02. The predicted octanol–water partition coefficient (Wildman–Crippen LogP) is 3.85. The first-order valence-electron chi connectivity index (χ1n) is 6.38. The van der Waals surface area contributed by atoms with E-state index in [1.807, 2.05) is 24.3 Å². The minimum absolute atomic E-state index is 0.0741. The van der Waals surface area contributed by atoms with Gasteiger partial charge in [0.1, 0.15) is 5.84 Å². The van der Waals surface area contributed by atoms with Gasteiger partial charge in [0.2, 0.25) is 0 Å². The Morgan fingerprint density at radius 1 is 1.35 bits per heavy atom. The van der Waals surface area contributed by atoms with E-state index in [4.69, 9.17) is 10.4 Å². The lowest BCUT2D eigenvalue weighted by atomic mass is 9.67. The molecule has 1 aromatic heterocycles. The van der Waals surface area contributed by atoms with Crippen molar-refractivity contribution in [3.8, 4) is 0 Å². The van der Waals surface area contributed by atoms with Crippen molar-refractivity contribution in [1.82, 2.24) is 9.88 Å². The van der Waals surface area contributed by atoms with Gasteiger partial charge in [-0.3, -0.25) is 15.4 Å². The minimum atomic E-state index is -0.235. The number of aliphatic imine (C=N–C) groups is 1. The highest BCUT2D eigenvalue weighted by atomic mass is 127. The molecule has 2 heterocycles. The molecule has 0 radical (unpaired) electrons. The summed E-state index contributed by atoms with van der Waals surface area (Å²) in [4.78, 5) is 11.0. The Morgan fingerprint density at radius 3 is 2.60 bits per heavy atom. The van der Waals surface area contributed by atoms with Crippen molar-refractivity contribution < 1.29 is 0 Å². The summed E-state index contributed by atoms with van der Waals surface area (Å²) in [5.41, 5.74) is 1.95. The monoisotopic (exact) mass is 402 g/mol. The molecule has 108 valence electrons. The molecule has 0 spiro atoms. The third-order valence-electron chi connectivity index (χ3n) is 4.35. The smallest absolute Gasteiger partial charge is 0.172 e. The van der Waals surface area contributed by atoms with E-state index in [0.29, 0.717) is 5.17 Å². The van der Waals surface area contributed by atoms with Crippen LogP contribution in [0.15, 0.2) is 23.5 Å². The lowest BCUT2D eigenvalue weighted by molar-refractivity contribution is 0.299. The van der Waals surface area contributed by atoms with Gasteiger partial charge in [-0.15, -0.1) is 0 Å². The highest BCUT2D eigenvalue weighted by Gasteiger charge is 2.44. The molecule has 1 aromatic rings. The molecule has 20 heavy (non-hydrogen) atoms. The van der Waals surface area contributed by atoms with Gasteiger partial charge in [0.25, 0.3) is 0 Å².